The van der Waals surface area contributed by atoms with Crippen LogP contribution < -0.4 is 5.56 Å². The topological polar surface area (TPSA) is 60.9 Å². The van der Waals surface area contributed by atoms with Crippen LogP contribution in [-0.4, -0.2) is 14.7 Å². The molecule has 106 valence electrons. The average Bonchev–Trinajstić information content (AvgIpc) is 2.93. The lowest BCUT2D eigenvalue weighted by Gasteiger charge is -1.99. The second-order valence-corrected chi connectivity index (χ2v) is 5.05. The number of aromatic nitrogens is 3. The molecular formula is C15H12ClN3O2. The number of aryl methyl sites for hydroxylation is 1. The SMILES string of the molecule is Cn1cc(-c2noc(Cc3ccccc3Cl)n2)ccc1=O. The molecule has 0 unspecified atom stereocenters. The summed E-state index contributed by atoms with van der Waals surface area (Å²) in [6.07, 6.45) is 2.14. The Kier molecular flexibility index (Phi) is 3.58. The number of hydrogen-bond donors (Lipinski definition) is 0. The number of nitrogens with zero attached hydrogens (tertiary/aromatic N) is 3. The predicted octanol–water partition coefficient (Wildman–Crippen LogP) is 2.68. The Morgan fingerprint density at radius 2 is 2.05 bits per heavy atom. The third-order valence-corrected chi connectivity index (χ3v) is 3.48. The van der Waals surface area contributed by atoms with Crippen molar-refractivity contribution in [1.82, 2.24) is 14.7 Å². The summed E-state index contributed by atoms with van der Waals surface area (Å²) >= 11 is 6.11. The van der Waals surface area contributed by atoms with Crippen molar-refractivity contribution < 1.29 is 4.52 Å². The normalized spacial score (nSPS) is 10.8. The third-order valence-electron chi connectivity index (χ3n) is 3.11. The molecule has 21 heavy (non-hydrogen) atoms. The van der Waals surface area contributed by atoms with E-state index < -0.39 is 0 Å². The zero-order valence-corrected chi connectivity index (χ0v) is 12.0. The van der Waals surface area contributed by atoms with Crippen molar-refractivity contribution in [2.75, 3.05) is 0 Å². The van der Waals surface area contributed by atoms with Crippen LogP contribution in [0.2, 0.25) is 5.02 Å². The van der Waals surface area contributed by atoms with Gasteiger partial charge in [-0.25, -0.2) is 0 Å². The van der Waals surface area contributed by atoms with Crippen LogP contribution in [0.5, 0.6) is 0 Å². The van der Waals surface area contributed by atoms with E-state index in [0.29, 0.717) is 23.2 Å². The van der Waals surface area contributed by atoms with Gasteiger partial charge in [-0.15, -0.1) is 0 Å². The van der Waals surface area contributed by atoms with E-state index in [1.165, 1.54) is 10.6 Å². The van der Waals surface area contributed by atoms with Crippen LogP contribution in [0.1, 0.15) is 11.5 Å². The monoisotopic (exact) mass is 301 g/mol. The maximum atomic E-state index is 11.4. The maximum Gasteiger partial charge on any atom is 0.250 e. The van der Waals surface area contributed by atoms with Gasteiger partial charge in [-0.1, -0.05) is 35.0 Å². The maximum absolute atomic E-state index is 11.4. The molecule has 0 saturated carbocycles. The zero-order valence-electron chi connectivity index (χ0n) is 11.3. The zero-order chi connectivity index (χ0) is 14.8. The fourth-order valence-corrected chi connectivity index (χ4v) is 2.18. The van der Waals surface area contributed by atoms with E-state index in [-0.39, 0.29) is 5.56 Å². The Morgan fingerprint density at radius 3 is 2.81 bits per heavy atom. The molecule has 0 N–H and O–H groups in total. The van der Waals surface area contributed by atoms with Gasteiger partial charge in [-0.05, 0) is 17.7 Å². The molecule has 2 heterocycles. The van der Waals surface area contributed by atoms with Crippen LogP contribution in [0.4, 0.5) is 0 Å². The van der Waals surface area contributed by atoms with Gasteiger partial charge in [0.25, 0.3) is 0 Å². The summed E-state index contributed by atoms with van der Waals surface area (Å²) in [6, 6.07) is 10.7. The molecule has 3 rings (SSSR count). The highest BCUT2D eigenvalue weighted by molar-refractivity contribution is 6.31. The number of rotatable bonds is 3. The molecule has 0 fully saturated rings. The van der Waals surface area contributed by atoms with Gasteiger partial charge < -0.3 is 9.09 Å². The van der Waals surface area contributed by atoms with Crippen molar-refractivity contribution in [2.24, 2.45) is 7.05 Å². The lowest BCUT2D eigenvalue weighted by molar-refractivity contribution is 0.385. The fraction of sp³-hybridized carbons (Fsp3) is 0.133. The minimum atomic E-state index is -0.0847. The van der Waals surface area contributed by atoms with E-state index in [9.17, 15) is 4.79 Å². The van der Waals surface area contributed by atoms with Crippen molar-refractivity contribution in [3.05, 3.63) is 69.4 Å². The average molecular weight is 302 g/mol. The summed E-state index contributed by atoms with van der Waals surface area (Å²) in [5.74, 6) is 0.930. The molecule has 0 radical (unpaired) electrons. The lowest BCUT2D eigenvalue weighted by Crippen LogP contribution is -2.14. The van der Waals surface area contributed by atoms with Crippen LogP contribution in [0.15, 0.2) is 51.9 Å². The standard InChI is InChI=1S/C15H12ClN3O2/c1-19-9-11(6-7-14(19)20)15-17-13(21-18-15)8-10-4-2-3-5-12(10)16/h2-7,9H,8H2,1H3. The molecule has 0 amide bonds. The second kappa shape index (κ2) is 5.54. The van der Waals surface area contributed by atoms with Gasteiger partial charge in [-0.3, -0.25) is 4.79 Å². The van der Waals surface area contributed by atoms with E-state index in [1.54, 1.807) is 19.3 Å². The molecule has 0 spiro atoms. The van der Waals surface area contributed by atoms with Crippen molar-refractivity contribution in [3.8, 4) is 11.4 Å². The van der Waals surface area contributed by atoms with Crippen LogP contribution in [0.25, 0.3) is 11.4 Å². The largest absolute Gasteiger partial charge is 0.339 e. The number of halogens is 1. The number of benzene rings is 1. The van der Waals surface area contributed by atoms with Gasteiger partial charge in [0, 0.05) is 29.9 Å². The molecular weight excluding hydrogens is 290 g/mol. The smallest absolute Gasteiger partial charge is 0.250 e. The molecule has 1 aromatic carbocycles. The Labute approximate surface area is 125 Å². The van der Waals surface area contributed by atoms with Crippen LogP contribution in [-0.2, 0) is 13.5 Å². The van der Waals surface area contributed by atoms with Gasteiger partial charge in [0.2, 0.25) is 17.3 Å². The lowest BCUT2D eigenvalue weighted by atomic mass is 10.1. The van der Waals surface area contributed by atoms with Gasteiger partial charge in [0.05, 0.1) is 6.42 Å². The molecule has 0 aliphatic heterocycles. The summed E-state index contributed by atoms with van der Waals surface area (Å²) in [7, 11) is 1.68. The molecule has 6 heteroatoms. The molecule has 0 atom stereocenters. The summed E-state index contributed by atoms with van der Waals surface area (Å²) in [5, 5.41) is 4.60. The van der Waals surface area contributed by atoms with Crippen molar-refractivity contribution >= 4 is 11.6 Å². The van der Waals surface area contributed by atoms with E-state index in [4.69, 9.17) is 16.1 Å². The molecule has 5 nitrogen and oxygen atoms in total. The van der Waals surface area contributed by atoms with E-state index in [2.05, 4.69) is 10.1 Å². The first-order valence-electron chi connectivity index (χ1n) is 6.36. The van der Waals surface area contributed by atoms with Crippen molar-refractivity contribution in [1.29, 1.82) is 0 Å². The molecule has 0 bridgehead atoms. The Bertz CT molecular complexity index is 839. The van der Waals surface area contributed by atoms with E-state index in [0.717, 1.165) is 11.1 Å². The highest BCUT2D eigenvalue weighted by Gasteiger charge is 2.11. The summed E-state index contributed by atoms with van der Waals surface area (Å²) in [6.45, 7) is 0. The fourth-order valence-electron chi connectivity index (χ4n) is 1.97. The van der Waals surface area contributed by atoms with E-state index in [1.807, 2.05) is 24.3 Å². The first-order chi connectivity index (χ1) is 10.1. The Hall–Kier alpha value is -2.40. The minimum Gasteiger partial charge on any atom is -0.339 e. The third kappa shape index (κ3) is 2.87. The van der Waals surface area contributed by atoms with Gasteiger partial charge >= 0.3 is 0 Å². The van der Waals surface area contributed by atoms with Gasteiger partial charge in [0.1, 0.15) is 0 Å². The molecule has 2 aromatic heterocycles. The Balaban J connectivity index is 1.88. The Morgan fingerprint density at radius 1 is 1.24 bits per heavy atom. The molecule has 0 aliphatic rings. The minimum absolute atomic E-state index is 0.0847. The van der Waals surface area contributed by atoms with Crippen LogP contribution in [0, 0.1) is 0 Å². The summed E-state index contributed by atoms with van der Waals surface area (Å²) < 4.78 is 6.71. The van der Waals surface area contributed by atoms with E-state index >= 15 is 0 Å². The van der Waals surface area contributed by atoms with Crippen LogP contribution >= 0.6 is 11.6 Å². The van der Waals surface area contributed by atoms with Crippen molar-refractivity contribution in [3.63, 3.8) is 0 Å². The summed E-state index contributed by atoms with van der Waals surface area (Å²) in [4.78, 5) is 15.7. The highest BCUT2D eigenvalue weighted by atomic mass is 35.5. The number of hydrogen-bond acceptors (Lipinski definition) is 4. The molecule has 3 aromatic rings. The first-order valence-corrected chi connectivity index (χ1v) is 6.74. The first kappa shape index (κ1) is 13.6. The quantitative estimate of drug-likeness (QED) is 0.746. The second-order valence-electron chi connectivity index (χ2n) is 4.65. The number of pyridine rings is 1. The highest BCUT2D eigenvalue weighted by Crippen LogP contribution is 2.20. The van der Waals surface area contributed by atoms with Gasteiger partial charge in [0.15, 0.2) is 0 Å². The molecule has 0 aliphatic carbocycles. The predicted molar refractivity (Wildman–Crippen MR) is 79.2 cm³/mol. The van der Waals surface area contributed by atoms with Crippen molar-refractivity contribution in [2.45, 2.75) is 6.42 Å². The van der Waals surface area contributed by atoms with Crippen LogP contribution in [0.3, 0.4) is 0 Å². The van der Waals surface area contributed by atoms with Gasteiger partial charge in [-0.2, -0.15) is 4.98 Å². The molecule has 0 saturated heterocycles. The summed E-state index contributed by atoms with van der Waals surface area (Å²) in [5.41, 5.74) is 1.57.